The molecule has 4 N–H and O–H groups in total. The highest BCUT2D eigenvalue weighted by Gasteiger charge is 2.09. The van der Waals surface area contributed by atoms with Gasteiger partial charge in [-0.1, -0.05) is 6.07 Å². The predicted molar refractivity (Wildman–Crippen MR) is 86.4 cm³/mol. The third-order valence-corrected chi connectivity index (χ3v) is 3.41. The number of rotatable bonds is 5. The van der Waals surface area contributed by atoms with Crippen molar-refractivity contribution in [2.24, 2.45) is 5.73 Å². The van der Waals surface area contributed by atoms with Gasteiger partial charge in [-0.05, 0) is 31.5 Å². The number of nitrogens with two attached hydrogens (primary N) is 1. The zero-order valence-electron chi connectivity index (χ0n) is 13.4. The van der Waals surface area contributed by atoms with Gasteiger partial charge in [0, 0.05) is 31.1 Å². The van der Waals surface area contributed by atoms with Gasteiger partial charge in [0.05, 0.1) is 5.69 Å². The Bertz CT molecular complexity index is 737. The van der Waals surface area contributed by atoms with E-state index >= 15 is 0 Å². The van der Waals surface area contributed by atoms with Crippen molar-refractivity contribution in [3.63, 3.8) is 0 Å². The zero-order valence-corrected chi connectivity index (χ0v) is 13.4. The van der Waals surface area contributed by atoms with Gasteiger partial charge in [-0.25, -0.2) is 9.78 Å². The van der Waals surface area contributed by atoms with Crippen LogP contribution < -0.4 is 16.4 Å². The van der Waals surface area contributed by atoms with Gasteiger partial charge in [0.1, 0.15) is 5.76 Å². The van der Waals surface area contributed by atoms with E-state index in [0.29, 0.717) is 30.1 Å². The minimum atomic E-state index is -0.525. The van der Waals surface area contributed by atoms with Gasteiger partial charge in [-0.3, -0.25) is 4.79 Å². The van der Waals surface area contributed by atoms with Crippen molar-refractivity contribution >= 4 is 17.6 Å². The molecule has 1 aromatic heterocycles. The molecule has 0 bridgehead atoms. The number of hydrogen-bond acceptors (Lipinski definition) is 4. The summed E-state index contributed by atoms with van der Waals surface area (Å²) >= 11 is 0. The van der Waals surface area contributed by atoms with Crippen LogP contribution in [0.5, 0.6) is 0 Å². The normalized spacial score (nSPS) is 10.4. The molecule has 1 aromatic carbocycles. The molecule has 0 aliphatic heterocycles. The van der Waals surface area contributed by atoms with Crippen LogP contribution in [0.4, 0.5) is 10.5 Å². The molecule has 0 radical (unpaired) electrons. The van der Waals surface area contributed by atoms with E-state index < -0.39 is 5.91 Å². The van der Waals surface area contributed by atoms with Crippen LogP contribution in [0.2, 0.25) is 0 Å². The molecule has 7 nitrogen and oxygen atoms in total. The van der Waals surface area contributed by atoms with Crippen molar-refractivity contribution in [3.05, 3.63) is 46.7 Å². The molecule has 122 valence electrons. The van der Waals surface area contributed by atoms with Crippen LogP contribution in [0.25, 0.3) is 0 Å². The van der Waals surface area contributed by atoms with Crippen LogP contribution >= 0.6 is 0 Å². The Kier molecular flexibility index (Phi) is 5.00. The fourth-order valence-electron chi connectivity index (χ4n) is 2.24. The molecule has 0 fully saturated rings. The Balaban J connectivity index is 1.89. The van der Waals surface area contributed by atoms with Crippen molar-refractivity contribution < 1.29 is 14.0 Å². The highest BCUT2D eigenvalue weighted by molar-refractivity contribution is 5.97. The predicted octanol–water partition coefficient (Wildman–Crippen LogP) is 2.06. The molecule has 0 unspecified atom stereocenters. The molecular formula is C16H20N4O3. The molecule has 0 aliphatic rings. The van der Waals surface area contributed by atoms with E-state index in [1.807, 2.05) is 6.92 Å². The van der Waals surface area contributed by atoms with E-state index in [4.69, 9.17) is 10.2 Å². The lowest BCUT2D eigenvalue weighted by molar-refractivity contribution is 0.0999. The fraction of sp³-hybridized carbons (Fsp3) is 0.312. The molecule has 1 heterocycles. The summed E-state index contributed by atoms with van der Waals surface area (Å²) in [6, 6.07) is 4.65. The standard InChI is InChI=1S/C16H20N4O3/c1-9-4-5-12(8-13(9)15(17)21)20-16(22)18-7-6-14-10(2)23-11(3)19-14/h4-5,8H,6-7H2,1-3H3,(H2,17,21)(H2,18,20,22). The number of anilines is 1. The van der Waals surface area contributed by atoms with E-state index in [1.165, 1.54) is 0 Å². The van der Waals surface area contributed by atoms with Crippen molar-refractivity contribution in [2.75, 3.05) is 11.9 Å². The van der Waals surface area contributed by atoms with Crippen LogP contribution in [0.3, 0.4) is 0 Å². The molecule has 0 spiro atoms. The molecule has 0 saturated heterocycles. The third kappa shape index (κ3) is 4.32. The van der Waals surface area contributed by atoms with Crippen LogP contribution in [0.15, 0.2) is 22.6 Å². The lowest BCUT2D eigenvalue weighted by atomic mass is 10.1. The number of oxazole rings is 1. The molecule has 3 amide bonds. The molecule has 2 aromatic rings. The molecule has 2 rings (SSSR count). The van der Waals surface area contributed by atoms with Gasteiger partial charge in [0.2, 0.25) is 5.91 Å². The zero-order chi connectivity index (χ0) is 17.0. The van der Waals surface area contributed by atoms with Gasteiger partial charge < -0.3 is 20.8 Å². The van der Waals surface area contributed by atoms with Crippen molar-refractivity contribution in [3.8, 4) is 0 Å². The minimum absolute atomic E-state index is 0.359. The molecule has 0 saturated carbocycles. The van der Waals surface area contributed by atoms with Gasteiger partial charge in [-0.15, -0.1) is 0 Å². The smallest absolute Gasteiger partial charge is 0.319 e. The topological polar surface area (TPSA) is 110 Å². The number of urea groups is 1. The third-order valence-electron chi connectivity index (χ3n) is 3.41. The highest BCUT2D eigenvalue weighted by Crippen LogP contribution is 2.15. The second-order valence-corrected chi connectivity index (χ2v) is 5.26. The monoisotopic (exact) mass is 316 g/mol. The van der Waals surface area contributed by atoms with Crippen LogP contribution in [-0.4, -0.2) is 23.5 Å². The van der Waals surface area contributed by atoms with Gasteiger partial charge in [0.25, 0.3) is 0 Å². The number of nitrogens with one attached hydrogen (secondary N) is 2. The second kappa shape index (κ2) is 6.95. The average molecular weight is 316 g/mol. The first-order valence-electron chi connectivity index (χ1n) is 7.25. The summed E-state index contributed by atoms with van der Waals surface area (Å²) in [5.41, 5.74) is 7.78. The number of hydrogen-bond donors (Lipinski definition) is 3. The van der Waals surface area contributed by atoms with E-state index in [0.717, 1.165) is 17.0 Å². The SMILES string of the molecule is Cc1nc(CCNC(=O)Nc2ccc(C)c(C(N)=O)c2)c(C)o1. The Labute approximate surface area is 134 Å². The number of aromatic nitrogens is 1. The maximum absolute atomic E-state index is 11.9. The lowest BCUT2D eigenvalue weighted by Gasteiger charge is -2.09. The minimum Gasteiger partial charge on any atom is -0.446 e. The summed E-state index contributed by atoms with van der Waals surface area (Å²) in [5.74, 6) is 0.846. The Morgan fingerprint density at radius 1 is 1.26 bits per heavy atom. The summed E-state index contributed by atoms with van der Waals surface area (Å²) in [4.78, 5) is 27.4. The highest BCUT2D eigenvalue weighted by atomic mass is 16.4. The first-order chi connectivity index (χ1) is 10.9. The van der Waals surface area contributed by atoms with Crippen molar-refractivity contribution in [1.82, 2.24) is 10.3 Å². The summed E-state index contributed by atoms with van der Waals surface area (Å²) < 4.78 is 5.33. The number of primary amides is 1. The maximum atomic E-state index is 11.9. The number of nitrogens with zero attached hydrogens (tertiary/aromatic N) is 1. The van der Waals surface area contributed by atoms with Gasteiger partial charge >= 0.3 is 6.03 Å². The number of carbonyl (C=O) groups excluding carboxylic acids is 2. The van der Waals surface area contributed by atoms with E-state index in [9.17, 15) is 9.59 Å². The molecule has 0 aliphatic carbocycles. The summed E-state index contributed by atoms with van der Waals surface area (Å²) in [6.45, 7) is 5.83. The van der Waals surface area contributed by atoms with E-state index in [-0.39, 0.29) is 6.03 Å². The Morgan fingerprint density at radius 3 is 2.61 bits per heavy atom. The molecule has 0 atom stereocenters. The van der Waals surface area contributed by atoms with Crippen LogP contribution in [0.1, 0.15) is 33.3 Å². The van der Waals surface area contributed by atoms with Crippen molar-refractivity contribution in [1.29, 1.82) is 0 Å². The van der Waals surface area contributed by atoms with Crippen LogP contribution in [0, 0.1) is 20.8 Å². The first-order valence-corrected chi connectivity index (χ1v) is 7.25. The fourth-order valence-corrected chi connectivity index (χ4v) is 2.24. The maximum Gasteiger partial charge on any atom is 0.319 e. The average Bonchev–Trinajstić information content (AvgIpc) is 2.79. The van der Waals surface area contributed by atoms with E-state index in [2.05, 4.69) is 15.6 Å². The van der Waals surface area contributed by atoms with Crippen molar-refractivity contribution in [2.45, 2.75) is 27.2 Å². The number of aryl methyl sites for hydroxylation is 3. The number of benzene rings is 1. The summed E-state index contributed by atoms with van der Waals surface area (Å²) in [5, 5.41) is 5.40. The molecular weight excluding hydrogens is 296 g/mol. The largest absolute Gasteiger partial charge is 0.446 e. The van der Waals surface area contributed by atoms with Crippen LogP contribution in [-0.2, 0) is 6.42 Å². The number of carbonyl (C=O) groups is 2. The number of amides is 3. The Morgan fingerprint density at radius 2 is 2.00 bits per heavy atom. The first kappa shape index (κ1) is 16.5. The van der Waals surface area contributed by atoms with Gasteiger partial charge in [-0.2, -0.15) is 0 Å². The second-order valence-electron chi connectivity index (χ2n) is 5.26. The summed E-state index contributed by atoms with van der Waals surface area (Å²) in [6.07, 6.45) is 0.580. The lowest BCUT2D eigenvalue weighted by Crippen LogP contribution is -2.30. The molecule has 7 heteroatoms. The molecule has 23 heavy (non-hydrogen) atoms. The summed E-state index contributed by atoms with van der Waals surface area (Å²) in [7, 11) is 0. The quantitative estimate of drug-likeness (QED) is 0.784. The van der Waals surface area contributed by atoms with E-state index in [1.54, 1.807) is 32.0 Å². The van der Waals surface area contributed by atoms with Gasteiger partial charge in [0.15, 0.2) is 5.89 Å². The Hall–Kier alpha value is -2.83.